The van der Waals surface area contributed by atoms with Crippen molar-refractivity contribution in [1.82, 2.24) is 30.2 Å². The SMILES string of the molecule is CC(C)(COP(=O)(O)OP(=O)(O)OC[C@H]1O[C@@H](n2cnc3c(N)ncnc32)[C@H](O)[C@@H]1OP(=O)(O)O)C(O)C(=O)NCCC(=O)NCC[SH](C=O)C1=CCC=CC=C1. The number of aromatic nitrogens is 4. The van der Waals surface area contributed by atoms with E-state index in [-0.39, 0.29) is 36.5 Å². The molecule has 318 valence electrons. The number of ether oxygens (including phenoxy) is 1. The van der Waals surface area contributed by atoms with Gasteiger partial charge in [-0.3, -0.25) is 32.5 Å². The highest BCUT2D eigenvalue weighted by molar-refractivity contribution is 8.31. The molecule has 24 nitrogen and oxygen atoms in total. The Morgan fingerprint density at radius 2 is 1.82 bits per heavy atom. The molecule has 1 fully saturated rings. The van der Waals surface area contributed by atoms with Gasteiger partial charge in [-0.1, -0.05) is 44.2 Å². The van der Waals surface area contributed by atoms with Crippen LogP contribution in [0.3, 0.4) is 0 Å². The molecule has 2 aromatic heterocycles. The molecule has 1 aliphatic heterocycles. The molecule has 0 radical (unpaired) electrons. The minimum Gasteiger partial charge on any atom is -0.386 e. The van der Waals surface area contributed by atoms with Gasteiger partial charge in [-0.05, 0) is 11.3 Å². The molecular formula is C29H44N7O17P3S. The third-order valence-corrected chi connectivity index (χ3v) is 13.2. The first-order valence-electron chi connectivity index (χ1n) is 16.8. The number of fused-ring (bicyclic) bond motifs is 1. The van der Waals surface area contributed by atoms with E-state index in [1.165, 1.54) is 13.8 Å². The van der Waals surface area contributed by atoms with Gasteiger partial charge >= 0.3 is 23.5 Å². The standard InChI is InChI=1S/C29H44N7O17P3S/c1-29(2,24(40)27(41)32-10-9-20(38)31-11-12-57(17-37)18-7-5-3-4-6-8-18)14-50-56(47,48)53-55(45,46)49-13-19-23(52-54(42,43)44)22(39)28(51-19)36-16-35-21-25(30)33-15-34-26(21)36/h3-5,7-8,15-17,19,22-24,28,39-40,57H,6,9-14H2,1-2H3,(H,31,38)(H,32,41)(H,45,46)(H,47,48)(H2,30,33,34)(H2,42,43,44)/t19-,22-,23-,24?,28-/m1/s1. The Balaban J connectivity index is 1.24. The maximum atomic E-state index is 12.7. The van der Waals surface area contributed by atoms with E-state index in [1.54, 1.807) is 0 Å². The molecule has 0 bridgehead atoms. The maximum absolute atomic E-state index is 12.7. The molecule has 4 rings (SSSR count). The molecule has 8 atom stereocenters. The molecule has 4 unspecified atom stereocenters. The van der Waals surface area contributed by atoms with Crippen LogP contribution in [-0.2, 0) is 50.7 Å². The Morgan fingerprint density at radius 1 is 1.11 bits per heavy atom. The number of aliphatic hydroxyl groups excluding tert-OH is 2. The van der Waals surface area contributed by atoms with Crippen molar-refractivity contribution in [2.24, 2.45) is 5.41 Å². The third kappa shape index (κ3) is 13.4. The summed E-state index contributed by atoms with van der Waals surface area (Å²) in [7, 11) is -17.5. The molecule has 2 aromatic rings. The second-order valence-electron chi connectivity index (χ2n) is 13.0. The Labute approximate surface area is 327 Å². The monoisotopic (exact) mass is 887 g/mol. The van der Waals surface area contributed by atoms with Gasteiger partial charge in [0.05, 0.1) is 19.5 Å². The van der Waals surface area contributed by atoms with Crippen LogP contribution in [0.4, 0.5) is 5.82 Å². The fourth-order valence-corrected chi connectivity index (χ4v) is 9.56. The molecule has 28 heteroatoms. The van der Waals surface area contributed by atoms with Crippen LogP contribution in [0, 0.1) is 5.41 Å². The minimum atomic E-state index is -5.57. The summed E-state index contributed by atoms with van der Waals surface area (Å²) in [6.45, 7) is 0.510. The van der Waals surface area contributed by atoms with E-state index < -0.39 is 95.4 Å². The number of allylic oxidation sites excluding steroid dienone is 5. The molecule has 2 amide bonds. The number of thiol groups is 1. The number of nitrogens with zero attached hydrogens (tertiary/aromatic N) is 4. The maximum Gasteiger partial charge on any atom is 0.481 e. The number of nitrogens with two attached hydrogens (primary N) is 1. The summed E-state index contributed by atoms with van der Waals surface area (Å²) in [6, 6.07) is 0. The van der Waals surface area contributed by atoms with Crippen molar-refractivity contribution < 1.29 is 80.5 Å². The summed E-state index contributed by atoms with van der Waals surface area (Å²) in [5, 5.41) is 26.5. The van der Waals surface area contributed by atoms with Crippen LogP contribution >= 0.6 is 34.4 Å². The first kappa shape index (κ1) is 46.5. The summed E-state index contributed by atoms with van der Waals surface area (Å²) < 4.78 is 62.2. The summed E-state index contributed by atoms with van der Waals surface area (Å²) in [6.07, 6.45) is 3.24. The normalized spacial score (nSPS) is 23.5. The first-order chi connectivity index (χ1) is 26.6. The average molecular weight is 888 g/mol. The quantitative estimate of drug-likeness (QED) is 0.0448. The number of phosphoric acid groups is 3. The average Bonchev–Trinajstić information content (AvgIpc) is 3.55. The summed E-state index contributed by atoms with van der Waals surface area (Å²) >= 11 is 0. The van der Waals surface area contributed by atoms with Crippen molar-refractivity contribution >= 4 is 68.8 Å². The molecule has 0 aromatic carbocycles. The lowest BCUT2D eigenvalue weighted by Crippen LogP contribution is -2.46. The van der Waals surface area contributed by atoms with E-state index in [2.05, 4.69) is 34.4 Å². The molecule has 0 spiro atoms. The number of imidazole rings is 1. The molecule has 2 aliphatic rings. The zero-order chi connectivity index (χ0) is 42.2. The van der Waals surface area contributed by atoms with E-state index in [9.17, 15) is 57.9 Å². The van der Waals surface area contributed by atoms with E-state index in [1.807, 2.05) is 30.4 Å². The van der Waals surface area contributed by atoms with Gasteiger partial charge in [-0.25, -0.2) is 28.6 Å². The predicted molar refractivity (Wildman–Crippen MR) is 201 cm³/mol. The number of carbonyl (C=O) groups is 3. The lowest BCUT2D eigenvalue weighted by atomic mass is 9.87. The number of carbonyl (C=O) groups excluding carboxylic acids is 3. The Hall–Kier alpha value is -3.22. The van der Waals surface area contributed by atoms with Crippen LogP contribution < -0.4 is 16.4 Å². The number of nitrogen functional groups attached to an aromatic ring is 1. The first-order valence-corrected chi connectivity index (χ1v) is 22.9. The molecule has 3 heterocycles. The third-order valence-electron chi connectivity index (χ3n) is 8.19. The second-order valence-corrected chi connectivity index (χ2v) is 19.4. The van der Waals surface area contributed by atoms with Crippen molar-refractivity contribution in [1.29, 1.82) is 0 Å². The number of phosphoric ester groups is 3. The van der Waals surface area contributed by atoms with E-state index >= 15 is 0 Å². The van der Waals surface area contributed by atoms with E-state index in [4.69, 9.17) is 19.5 Å². The zero-order valence-electron chi connectivity index (χ0n) is 30.3. The molecule has 0 saturated carbocycles. The second kappa shape index (κ2) is 19.7. The van der Waals surface area contributed by atoms with Crippen LogP contribution in [-0.4, -0.2) is 123 Å². The molecule has 1 saturated heterocycles. The largest absolute Gasteiger partial charge is 0.481 e. The minimum absolute atomic E-state index is 0.0301. The highest BCUT2D eigenvalue weighted by Gasteiger charge is 2.50. The highest BCUT2D eigenvalue weighted by atomic mass is 32.2. The Bertz CT molecular complexity index is 2010. The number of rotatable bonds is 21. The van der Waals surface area contributed by atoms with Crippen LogP contribution in [0.25, 0.3) is 11.2 Å². The predicted octanol–water partition coefficient (Wildman–Crippen LogP) is -0.00370. The van der Waals surface area contributed by atoms with Gasteiger partial charge in [-0.15, -0.1) is 0 Å². The van der Waals surface area contributed by atoms with Crippen molar-refractivity contribution in [2.45, 2.75) is 57.3 Å². The van der Waals surface area contributed by atoms with Crippen LogP contribution in [0.2, 0.25) is 0 Å². The fraction of sp³-hybridized carbons (Fsp3) is 0.517. The van der Waals surface area contributed by atoms with Crippen molar-refractivity contribution in [2.75, 3.05) is 37.8 Å². The smallest absolute Gasteiger partial charge is 0.386 e. The van der Waals surface area contributed by atoms with Gasteiger partial charge < -0.3 is 50.9 Å². The number of amides is 2. The number of aliphatic hydroxyl groups is 2. The molecule has 1 aliphatic carbocycles. The summed E-state index contributed by atoms with van der Waals surface area (Å²) in [5.74, 6) is -1.03. The lowest BCUT2D eigenvalue weighted by Gasteiger charge is -2.30. The van der Waals surface area contributed by atoms with Gasteiger partial charge in [0.1, 0.15) is 36.3 Å². The lowest BCUT2D eigenvalue weighted by molar-refractivity contribution is -0.137. The summed E-state index contributed by atoms with van der Waals surface area (Å²) in [4.78, 5) is 88.4. The van der Waals surface area contributed by atoms with Crippen LogP contribution in [0.5, 0.6) is 0 Å². The van der Waals surface area contributed by atoms with Crippen molar-refractivity contribution in [3.05, 3.63) is 47.9 Å². The van der Waals surface area contributed by atoms with Crippen molar-refractivity contribution in [3.8, 4) is 0 Å². The number of anilines is 1. The van der Waals surface area contributed by atoms with Gasteiger partial charge in [0.25, 0.3) is 0 Å². The number of hydrogen-bond acceptors (Lipinski definition) is 17. The zero-order valence-corrected chi connectivity index (χ0v) is 33.9. The van der Waals surface area contributed by atoms with Crippen LogP contribution in [0.1, 0.15) is 32.9 Å². The summed E-state index contributed by atoms with van der Waals surface area (Å²) in [5.41, 5.74) is 5.13. The van der Waals surface area contributed by atoms with Gasteiger partial charge in [0.15, 0.2) is 23.3 Å². The van der Waals surface area contributed by atoms with E-state index in [0.717, 1.165) is 27.7 Å². The fourth-order valence-electron chi connectivity index (χ4n) is 5.28. The molecular weight excluding hydrogens is 843 g/mol. The Kier molecular flexibility index (Phi) is 16.1. The van der Waals surface area contributed by atoms with Gasteiger partial charge in [0, 0.05) is 30.7 Å². The number of hydrogen-bond donors (Lipinski definition) is 10. The van der Waals surface area contributed by atoms with Crippen molar-refractivity contribution in [3.63, 3.8) is 0 Å². The van der Waals surface area contributed by atoms with Gasteiger partial charge in [0.2, 0.25) is 11.8 Å². The molecule has 10 N–H and O–H groups in total. The van der Waals surface area contributed by atoms with E-state index in [0.29, 0.717) is 12.2 Å². The number of nitrogens with one attached hydrogen (secondary N) is 2. The van der Waals surface area contributed by atoms with Crippen LogP contribution in [0.15, 0.2) is 47.9 Å². The van der Waals surface area contributed by atoms with Gasteiger partial charge in [-0.2, -0.15) is 15.2 Å². The Morgan fingerprint density at radius 3 is 2.53 bits per heavy atom. The highest BCUT2D eigenvalue weighted by Crippen LogP contribution is 2.61. The molecule has 57 heavy (non-hydrogen) atoms. The topological polar surface area (TPSA) is 364 Å².